The Morgan fingerprint density at radius 3 is 2.30 bits per heavy atom. The van der Waals surface area contributed by atoms with Crippen LogP contribution in [0.2, 0.25) is 0 Å². The number of nitrogens with zero attached hydrogens (tertiary/aromatic N) is 5. The first-order chi connectivity index (χ1) is 14.3. The van der Waals surface area contributed by atoms with E-state index in [1.165, 1.54) is 6.07 Å². The van der Waals surface area contributed by atoms with E-state index < -0.39 is 24.0 Å². The van der Waals surface area contributed by atoms with Gasteiger partial charge in [-0.1, -0.05) is 12.1 Å². The van der Waals surface area contributed by atoms with E-state index in [-0.39, 0.29) is 0 Å². The van der Waals surface area contributed by atoms with Crippen molar-refractivity contribution in [2.24, 2.45) is 0 Å². The lowest BCUT2D eigenvalue weighted by Gasteiger charge is -2.24. The number of benzene rings is 1. The number of anilines is 2. The Kier molecular flexibility index (Phi) is 5.40. The minimum atomic E-state index is -4.43. The standard InChI is InChI=1S/C20H18F5N5/c21-17(22)18-27-15-5-2-1-4-14(15)19(28-18)30-9-3-8-29(10-11-30)16-7-6-13(12-26-16)20(23,24)25/h1-2,4-7,12,17H,3,8-11H2. The molecule has 0 N–H and O–H groups in total. The lowest BCUT2D eigenvalue weighted by Crippen LogP contribution is -2.32. The summed E-state index contributed by atoms with van der Waals surface area (Å²) in [5, 5.41) is 0.683. The molecule has 1 aliphatic rings. The van der Waals surface area contributed by atoms with Crippen LogP contribution in [-0.2, 0) is 6.18 Å². The molecule has 1 aliphatic heterocycles. The second-order valence-electron chi connectivity index (χ2n) is 6.95. The summed E-state index contributed by atoms with van der Waals surface area (Å²) in [6.45, 7) is 2.09. The van der Waals surface area contributed by atoms with Crippen LogP contribution in [0.1, 0.15) is 24.2 Å². The molecule has 158 valence electrons. The highest BCUT2D eigenvalue weighted by molar-refractivity contribution is 5.89. The Hall–Kier alpha value is -3.04. The maximum Gasteiger partial charge on any atom is 0.417 e. The minimum absolute atomic E-state index is 0.443. The smallest absolute Gasteiger partial charge is 0.355 e. The number of pyridine rings is 1. The monoisotopic (exact) mass is 423 g/mol. The van der Waals surface area contributed by atoms with E-state index in [1.807, 2.05) is 9.80 Å². The molecule has 0 aliphatic carbocycles. The molecule has 0 radical (unpaired) electrons. The molecule has 0 bridgehead atoms. The van der Waals surface area contributed by atoms with E-state index in [4.69, 9.17) is 0 Å². The van der Waals surface area contributed by atoms with Gasteiger partial charge in [-0.15, -0.1) is 0 Å². The van der Waals surface area contributed by atoms with Crippen molar-refractivity contribution in [2.45, 2.75) is 19.0 Å². The van der Waals surface area contributed by atoms with E-state index in [0.717, 1.165) is 12.3 Å². The number of fused-ring (bicyclic) bond motifs is 1. The summed E-state index contributed by atoms with van der Waals surface area (Å²) < 4.78 is 64.8. The number of alkyl halides is 5. The average Bonchev–Trinajstić information content (AvgIpc) is 2.98. The summed E-state index contributed by atoms with van der Waals surface area (Å²) >= 11 is 0. The van der Waals surface area contributed by atoms with Crippen LogP contribution in [0, 0.1) is 0 Å². The first-order valence-corrected chi connectivity index (χ1v) is 9.41. The molecule has 0 unspecified atom stereocenters. The highest BCUT2D eigenvalue weighted by Crippen LogP contribution is 2.30. The van der Waals surface area contributed by atoms with Crippen LogP contribution in [0.25, 0.3) is 10.9 Å². The van der Waals surface area contributed by atoms with Gasteiger partial charge in [-0.05, 0) is 30.7 Å². The first-order valence-electron chi connectivity index (χ1n) is 9.41. The molecule has 10 heteroatoms. The van der Waals surface area contributed by atoms with Crippen molar-refractivity contribution in [1.82, 2.24) is 15.0 Å². The van der Waals surface area contributed by atoms with Crippen LogP contribution in [0.4, 0.5) is 33.6 Å². The topological polar surface area (TPSA) is 45.2 Å². The molecule has 1 fully saturated rings. The largest absolute Gasteiger partial charge is 0.417 e. The first kappa shape index (κ1) is 20.2. The maximum absolute atomic E-state index is 13.3. The highest BCUT2D eigenvalue weighted by atomic mass is 19.4. The fourth-order valence-electron chi connectivity index (χ4n) is 3.52. The maximum atomic E-state index is 13.3. The molecule has 0 atom stereocenters. The Morgan fingerprint density at radius 1 is 0.867 bits per heavy atom. The predicted molar refractivity (Wildman–Crippen MR) is 103 cm³/mol. The van der Waals surface area contributed by atoms with Crippen molar-refractivity contribution in [1.29, 1.82) is 0 Å². The van der Waals surface area contributed by atoms with Gasteiger partial charge in [0.1, 0.15) is 11.6 Å². The third kappa shape index (κ3) is 4.12. The van der Waals surface area contributed by atoms with Gasteiger partial charge in [-0.25, -0.2) is 23.7 Å². The summed E-state index contributed by atoms with van der Waals surface area (Å²) in [7, 11) is 0. The number of para-hydroxylation sites is 1. The van der Waals surface area contributed by atoms with Gasteiger partial charge in [0.25, 0.3) is 6.43 Å². The SMILES string of the molecule is FC(F)c1nc(N2CCCN(c3ccc(C(F)(F)F)cn3)CC2)c2ccccc2n1. The highest BCUT2D eigenvalue weighted by Gasteiger charge is 2.31. The molecule has 3 aromatic rings. The number of rotatable bonds is 3. The van der Waals surface area contributed by atoms with E-state index >= 15 is 0 Å². The molecule has 0 spiro atoms. The second kappa shape index (κ2) is 8.00. The molecule has 30 heavy (non-hydrogen) atoms. The molecule has 0 amide bonds. The molecule has 1 saturated heterocycles. The van der Waals surface area contributed by atoms with Crippen LogP contribution in [0.15, 0.2) is 42.6 Å². The van der Waals surface area contributed by atoms with Crippen molar-refractivity contribution in [3.05, 3.63) is 54.0 Å². The van der Waals surface area contributed by atoms with Crippen molar-refractivity contribution in [2.75, 3.05) is 36.0 Å². The fourth-order valence-corrected chi connectivity index (χ4v) is 3.52. The van der Waals surface area contributed by atoms with Gasteiger partial charge in [0, 0.05) is 37.8 Å². The number of hydrogen-bond donors (Lipinski definition) is 0. The van der Waals surface area contributed by atoms with Gasteiger partial charge in [0.05, 0.1) is 11.1 Å². The van der Waals surface area contributed by atoms with Gasteiger partial charge in [-0.3, -0.25) is 0 Å². The van der Waals surface area contributed by atoms with Gasteiger partial charge in [0.2, 0.25) is 0 Å². The van der Waals surface area contributed by atoms with E-state index in [1.54, 1.807) is 24.3 Å². The lowest BCUT2D eigenvalue weighted by molar-refractivity contribution is -0.137. The zero-order valence-corrected chi connectivity index (χ0v) is 15.8. The number of hydrogen-bond acceptors (Lipinski definition) is 5. The van der Waals surface area contributed by atoms with Crippen molar-refractivity contribution in [3.63, 3.8) is 0 Å². The normalized spacial score (nSPS) is 15.7. The molecule has 5 nitrogen and oxygen atoms in total. The molecule has 4 rings (SSSR count). The summed E-state index contributed by atoms with van der Waals surface area (Å²) in [4.78, 5) is 15.8. The zero-order valence-electron chi connectivity index (χ0n) is 15.8. The second-order valence-corrected chi connectivity index (χ2v) is 6.95. The summed E-state index contributed by atoms with van der Waals surface area (Å²) in [6, 6.07) is 9.36. The Bertz CT molecular complexity index is 1020. The van der Waals surface area contributed by atoms with Crippen LogP contribution >= 0.6 is 0 Å². The van der Waals surface area contributed by atoms with Gasteiger partial charge >= 0.3 is 6.18 Å². The molecule has 2 aromatic heterocycles. The van der Waals surface area contributed by atoms with E-state index in [9.17, 15) is 22.0 Å². The molecule has 0 saturated carbocycles. The van der Waals surface area contributed by atoms with Crippen LogP contribution in [0.5, 0.6) is 0 Å². The van der Waals surface area contributed by atoms with E-state index in [2.05, 4.69) is 15.0 Å². The summed E-state index contributed by atoms with van der Waals surface area (Å²) in [5.41, 5.74) is -0.349. The Labute approximate surface area is 169 Å². The minimum Gasteiger partial charge on any atom is -0.355 e. The van der Waals surface area contributed by atoms with E-state index in [0.29, 0.717) is 55.1 Å². The average molecular weight is 423 g/mol. The molecular weight excluding hydrogens is 405 g/mol. The van der Waals surface area contributed by atoms with Crippen LogP contribution < -0.4 is 9.80 Å². The number of aromatic nitrogens is 3. The predicted octanol–water partition coefficient (Wildman–Crippen LogP) is 4.70. The van der Waals surface area contributed by atoms with Gasteiger partial charge in [0.15, 0.2) is 5.82 Å². The Balaban J connectivity index is 1.58. The molecular formula is C20H18F5N5. The number of halogens is 5. The van der Waals surface area contributed by atoms with Crippen molar-refractivity contribution >= 4 is 22.5 Å². The summed E-state index contributed by atoms with van der Waals surface area (Å²) in [6.07, 6.45) is -5.72. The van der Waals surface area contributed by atoms with Crippen molar-refractivity contribution in [3.8, 4) is 0 Å². The lowest BCUT2D eigenvalue weighted by atomic mass is 10.2. The molecule has 3 heterocycles. The van der Waals surface area contributed by atoms with Crippen LogP contribution in [0.3, 0.4) is 0 Å². The van der Waals surface area contributed by atoms with Crippen LogP contribution in [-0.4, -0.2) is 41.1 Å². The van der Waals surface area contributed by atoms with Crippen molar-refractivity contribution < 1.29 is 22.0 Å². The van der Waals surface area contributed by atoms with Gasteiger partial charge in [-0.2, -0.15) is 13.2 Å². The fraction of sp³-hybridized carbons (Fsp3) is 0.350. The third-order valence-electron chi connectivity index (χ3n) is 4.99. The summed E-state index contributed by atoms with van der Waals surface area (Å²) in [5.74, 6) is 0.373. The quantitative estimate of drug-likeness (QED) is 0.572. The third-order valence-corrected chi connectivity index (χ3v) is 4.99. The Morgan fingerprint density at radius 2 is 1.60 bits per heavy atom. The molecule has 1 aromatic carbocycles. The van der Waals surface area contributed by atoms with Gasteiger partial charge < -0.3 is 9.80 Å². The zero-order chi connectivity index (χ0) is 21.3.